The summed E-state index contributed by atoms with van der Waals surface area (Å²) in [5, 5.41) is 1.85. The maximum Gasteiger partial charge on any atom is 0.401 e. The van der Waals surface area contributed by atoms with Gasteiger partial charge in [-0.1, -0.05) is 0 Å². The molecule has 1 fully saturated rings. The van der Waals surface area contributed by atoms with Gasteiger partial charge in [0.2, 0.25) is 0 Å². The molecule has 1 aliphatic rings. The van der Waals surface area contributed by atoms with Crippen LogP contribution in [0.2, 0.25) is 0 Å². The molecule has 0 aromatic rings. The van der Waals surface area contributed by atoms with Gasteiger partial charge in [0, 0.05) is 33.2 Å². The first-order valence-corrected chi connectivity index (χ1v) is 5.09. The van der Waals surface area contributed by atoms with Crippen LogP contribution in [0.3, 0.4) is 0 Å². The molecular weight excluding hydrogens is 207 g/mol. The number of likely N-dealkylation sites (tertiary alicyclic amines) is 1. The van der Waals surface area contributed by atoms with E-state index in [0.717, 1.165) is 12.8 Å². The van der Waals surface area contributed by atoms with Crippen LogP contribution in [0, 0.1) is 0 Å². The summed E-state index contributed by atoms with van der Waals surface area (Å²) >= 11 is 0. The fourth-order valence-electron chi connectivity index (χ4n) is 1.84. The standard InChI is InChI=1S/C9H18F3N3/c1-14(2)13-8-3-5-15(6-4-8)7-9(10,11)12/h8,13H,3-7H2,1-2H3. The summed E-state index contributed by atoms with van der Waals surface area (Å²) in [5.41, 5.74) is 3.19. The van der Waals surface area contributed by atoms with Crippen molar-refractivity contribution in [3.8, 4) is 0 Å². The molecule has 0 atom stereocenters. The molecule has 1 N–H and O–H groups in total. The molecule has 0 unspecified atom stereocenters. The number of rotatable bonds is 3. The Morgan fingerprint density at radius 1 is 1.27 bits per heavy atom. The summed E-state index contributed by atoms with van der Waals surface area (Å²) in [6, 6.07) is 0.310. The number of hydrogen-bond donors (Lipinski definition) is 1. The Labute approximate surface area is 88.2 Å². The van der Waals surface area contributed by atoms with E-state index in [2.05, 4.69) is 5.43 Å². The van der Waals surface area contributed by atoms with E-state index in [1.54, 1.807) is 0 Å². The van der Waals surface area contributed by atoms with Gasteiger partial charge in [0.15, 0.2) is 0 Å². The summed E-state index contributed by atoms with van der Waals surface area (Å²) in [4.78, 5) is 1.47. The molecule has 0 bridgehead atoms. The summed E-state index contributed by atoms with van der Waals surface area (Å²) in [6.07, 6.45) is -2.52. The average molecular weight is 225 g/mol. The fourth-order valence-corrected chi connectivity index (χ4v) is 1.84. The average Bonchev–Trinajstić information content (AvgIpc) is 2.05. The third-order valence-corrected chi connectivity index (χ3v) is 2.43. The van der Waals surface area contributed by atoms with Crippen molar-refractivity contribution < 1.29 is 13.2 Å². The third kappa shape index (κ3) is 5.34. The van der Waals surface area contributed by atoms with Gasteiger partial charge in [0.1, 0.15) is 0 Å². The second kappa shape index (κ2) is 5.14. The van der Waals surface area contributed by atoms with Crippen LogP contribution in [0.5, 0.6) is 0 Å². The van der Waals surface area contributed by atoms with Gasteiger partial charge in [-0.3, -0.25) is 15.3 Å². The lowest BCUT2D eigenvalue weighted by Gasteiger charge is -2.34. The summed E-state index contributed by atoms with van der Waals surface area (Å²) < 4.78 is 36.2. The molecule has 1 aliphatic heterocycles. The number of alkyl halides is 3. The molecule has 0 aromatic carbocycles. The zero-order valence-electron chi connectivity index (χ0n) is 9.14. The minimum absolute atomic E-state index is 0.310. The maximum atomic E-state index is 12.1. The Kier molecular flexibility index (Phi) is 4.36. The van der Waals surface area contributed by atoms with Crippen LogP contribution in [-0.2, 0) is 0 Å². The van der Waals surface area contributed by atoms with E-state index < -0.39 is 12.7 Å². The van der Waals surface area contributed by atoms with Crippen LogP contribution >= 0.6 is 0 Å². The Balaban J connectivity index is 2.24. The van der Waals surface area contributed by atoms with Crippen LogP contribution < -0.4 is 5.43 Å². The highest BCUT2D eigenvalue weighted by Gasteiger charge is 2.32. The topological polar surface area (TPSA) is 18.5 Å². The van der Waals surface area contributed by atoms with Gasteiger partial charge in [-0.05, 0) is 12.8 Å². The lowest BCUT2D eigenvalue weighted by molar-refractivity contribution is -0.148. The predicted molar refractivity (Wildman–Crippen MR) is 52.3 cm³/mol. The van der Waals surface area contributed by atoms with E-state index in [9.17, 15) is 13.2 Å². The first kappa shape index (κ1) is 12.7. The van der Waals surface area contributed by atoms with E-state index in [1.807, 2.05) is 19.1 Å². The SMILES string of the molecule is CN(C)NC1CCN(CC(F)(F)F)CC1. The van der Waals surface area contributed by atoms with E-state index in [-0.39, 0.29) is 0 Å². The van der Waals surface area contributed by atoms with Crippen molar-refractivity contribution >= 4 is 0 Å². The van der Waals surface area contributed by atoms with E-state index in [0.29, 0.717) is 19.1 Å². The highest BCUT2D eigenvalue weighted by Crippen LogP contribution is 2.19. The van der Waals surface area contributed by atoms with Crippen LogP contribution in [0.25, 0.3) is 0 Å². The molecule has 90 valence electrons. The number of nitrogens with one attached hydrogen (secondary N) is 1. The van der Waals surface area contributed by atoms with E-state index >= 15 is 0 Å². The molecule has 1 saturated heterocycles. The van der Waals surface area contributed by atoms with Gasteiger partial charge in [-0.2, -0.15) is 13.2 Å². The summed E-state index contributed by atoms with van der Waals surface area (Å²) in [7, 11) is 3.78. The lowest BCUT2D eigenvalue weighted by atomic mass is 10.1. The summed E-state index contributed by atoms with van der Waals surface area (Å²) in [5.74, 6) is 0. The normalized spacial score (nSPS) is 21.2. The van der Waals surface area contributed by atoms with Crippen molar-refractivity contribution in [2.45, 2.75) is 25.1 Å². The monoisotopic (exact) mass is 225 g/mol. The largest absolute Gasteiger partial charge is 0.401 e. The Bertz CT molecular complexity index is 186. The van der Waals surface area contributed by atoms with Crippen molar-refractivity contribution in [3.05, 3.63) is 0 Å². The molecule has 0 amide bonds. The minimum Gasteiger partial charge on any atom is -0.295 e. The second-order valence-electron chi connectivity index (χ2n) is 4.19. The zero-order valence-corrected chi connectivity index (χ0v) is 9.14. The molecule has 0 saturated carbocycles. The Morgan fingerprint density at radius 3 is 2.20 bits per heavy atom. The molecule has 0 radical (unpaired) electrons. The van der Waals surface area contributed by atoms with Crippen molar-refractivity contribution in [2.75, 3.05) is 33.7 Å². The molecule has 0 aliphatic carbocycles. The summed E-state index contributed by atoms with van der Waals surface area (Å²) in [6.45, 7) is 0.262. The van der Waals surface area contributed by atoms with Gasteiger partial charge in [0.05, 0.1) is 6.54 Å². The first-order chi connectivity index (χ1) is 6.87. The molecule has 3 nitrogen and oxygen atoms in total. The van der Waals surface area contributed by atoms with E-state index in [1.165, 1.54) is 4.90 Å². The minimum atomic E-state index is -4.07. The van der Waals surface area contributed by atoms with Gasteiger partial charge >= 0.3 is 6.18 Å². The number of nitrogens with zero attached hydrogens (tertiary/aromatic N) is 2. The quantitative estimate of drug-likeness (QED) is 0.725. The van der Waals surface area contributed by atoms with Crippen molar-refractivity contribution in [1.29, 1.82) is 0 Å². The van der Waals surface area contributed by atoms with Crippen LogP contribution in [0.4, 0.5) is 13.2 Å². The molecule has 1 heterocycles. The highest BCUT2D eigenvalue weighted by atomic mass is 19.4. The first-order valence-electron chi connectivity index (χ1n) is 5.09. The molecule has 1 rings (SSSR count). The number of piperidine rings is 1. The Hall–Kier alpha value is -0.330. The number of halogens is 3. The second-order valence-corrected chi connectivity index (χ2v) is 4.19. The van der Waals surface area contributed by atoms with Crippen molar-refractivity contribution in [3.63, 3.8) is 0 Å². The van der Waals surface area contributed by atoms with Crippen LogP contribution in [0.1, 0.15) is 12.8 Å². The third-order valence-electron chi connectivity index (χ3n) is 2.43. The molecular formula is C9H18F3N3. The van der Waals surface area contributed by atoms with Gasteiger partial charge in [-0.15, -0.1) is 0 Å². The van der Waals surface area contributed by atoms with Crippen molar-refractivity contribution in [1.82, 2.24) is 15.3 Å². The fraction of sp³-hybridized carbons (Fsp3) is 1.00. The van der Waals surface area contributed by atoms with Gasteiger partial charge in [0.25, 0.3) is 0 Å². The molecule has 6 heteroatoms. The number of hydrazine groups is 1. The smallest absolute Gasteiger partial charge is 0.295 e. The Morgan fingerprint density at radius 2 is 1.80 bits per heavy atom. The molecule has 15 heavy (non-hydrogen) atoms. The molecule has 0 aromatic heterocycles. The van der Waals surface area contributed by atoms with Crippen LogP contribution in [-0.4, -0.2) is 55.9 Å². The number of hydrogen-bond acceptors (Lipinski definition) is 3. The predicted octanol–water partition coefficient (Wildman–Crippen LogP) is 1.08. The van der Waals surface area contributed by atoms with E-state index in [4.69, 9.17) is 0 Å². The van der Waals surface area contributed by atoms with Gasteiger partial charge < -0.3 is 0 Å². The van der Waals surface area contributed by atoms with Gasteiger partial charge in [-0.25, -0.2) is 0 Å². The highest BCUT2D eigenvalue weighted by molar-refractivity contribution is 4.77. The van der Waals surface area contributed by atoms with Crippen LogP contribution in [0.15, 0.2) is 0 Å². The molecule has 0 spiro atoms. The zero-order chi connectivity index (χ0) is 11.5. The maximum absolute atomic E-state index is 12.1. The lowest BCUT2D eigenvalue weighted by Crippen LogP contribution is -2.48. The van der Waals surface area contributed by atoms with Crippen molar-refractivity contribution in [2.24, 2.45) is 0 Å².